The van der Waals surface area contributed by atoms with Gasteiger partial charge in [0.1, 0.15) is 5.56 Å². The van der Waals surface area contributed by atoms with Gasteiger partial charge >= 0.3 is 0 Å². The van der Waals surface area contributed by atoms with Gasteiger partial charge in [0.2, 0.25) is 0 Å². The Morgan fingerprint density at radius 2 is 1.41 bits per heavy atom. The van der Waals surface area contributed by atoms with Crippen molar-refractivity contribution in [3.63, 3.8) is 0 Å². The van der Waals surface area contributed by atoms with Crippen LogP contribution in [-0.2, 0) is 16.1 Å². The first-order valence-electron chi connectivity index (χ1n) is 10.9. The Hall–Kier alpha value is -4.15. The third-order valence-corrected chi connectivity index (χ3v) is 7.22. The minimum Gasteiger partial charge on any atom is -0.272 e. The molecule has 2 bridgehead atoms. The highest BCUT2D eigenvalue weighted by molar-refractivity contribution is 6.09. The second kappa shape index (κ2) is 8.01. The molecule has 2 saturated carbocycles. The summed E-state index contributed by atoms with van der Waals surface area (Å²) in [5.74, 6) is -2.92. The molecule has 1 saturated heterocycles. The number of carbonyl (C=O) groups excluding carboxylic acids is 3. The molecule has 0 unspecified atom stereocenters. The summed E-state index contributed by atoms with van der Waals surface area (Å²) in [4.78, 5) is 62.3. The first-order valence-corrected chi connectivity index (χ1v) is 10.9. The van der Waals surface area contributed by atoms with Gasteiger partial charge in [-0.25, -0.2) is 5.01 Å². The lowest BCUT2D eigenvalue weighted by Crippen LogP contribution is -2.50. The van der Waals surface area contributed by atoms with Gasteiger partial charge in [-0.2, -0.15) is 5.01 Å². The van der Waals surface area contributed by atoms with Crippen molar-refractivity contribution in [2.24, 2.45) is 23.7 Å². The van der Waals surface area contributed by atoms with Gasteiger partial charge in [-0.1, -0.05) is 30.3 Å². The Morgan fingerprint density at radius 1 is 0.882 bits per heavy atom. The average molecular weight is 464 g/mol. The Morgan fingerprint density at radius 3 is 2.00 bits per heavy atom. The minimum atomic E-state index is -0.945. The summed E-state index contributed by atoms with van der Waals surface area (Å²) in [5, 5.41) is 24.7. The minimum absolute atomic E-state index is 0.0607. The maximum absolute atomic E-state index is 13.6. The van der Waals surface area contributed by atoms with E-state index in [4.69, 9.17) is 0 Å². The second-order valence-corrected chi connectivity index (χ2v) is 8.90. The fourth-order valence-corrected chi connectivity index (χ4v) is 5.80. The van der Waals surface area contributed by atoms with Crippen molar-refractivity contribution in [2.45, 2.75) is 25.8 Å². The number of benzene rings is 2. The molecule has 3 amide bonds. The largest absolute Gasteiger partial charge is 0.282 e. The summed E-state index contributed by atoms with van der Waals surface area (Å²) in [7, 11) is 0. The summed E-state index contributed by atoms with van der Waals surface area (Å²) >= 11 is 0. The van der Waals surface area contributed by atoms with Gasteiger partial charge in [0.25, 0.3) is 29.1 Å². The van der Waals surface area contributed by atoms with Gasteiger partial charge in [-0.15, -0.1) is 0 Å². The number of imide groups is 1. The predicted molar refractivity (Wildman–Crippen MR) is 116 cm³/mol. The number of nitro groups is 2. The Kier molecular flexibility index (Phi) is 5.11. The Bertz CT molecular complexity index is 1220. The first kappa shape index (κ1) is 21.7. The van der Waals surface area contributed by atoms with E-state index in [2.05, 4.69) is 0 Å². The quantitative estimate of drug-likeness (QED) is 0.363. The molecular weight excluding hydrogens is 444 g/mol. The van der Waals surface area contributed by atoms with Crippen LogP contribution in [0.5, 0.6) is 0 Å². The fourth-order valence-electron chi connectivity index (χ4n) is 5.80. The van der Waals surface area contributed by atoms with Crippen LogP contribution in [0.25, 0.3) is 0 Å². The van der Waals surface area contributed by atoms with E-state index in [0.717, 1.165) is 35.3 Å². The van der Waals surface area contributed by atoms with E-state index in [1.165, 1.54) is 36.4 Å². The lowest BCUT2D eigenvalue weighted by Gasteiger charge is -2.31. The van der Waals surface area contributed by atoms with Gasteiger partial charge in [0.15, 0.2) is 0 Å². The molecular formula is C23H20N4O7. The Labute approximate surface area is 193 Å². The van der Waals surface area contributed by atoms with E-state index in [0.29, 0.717) is 0 Å². The zero-order valence-electron chi connectivity index (χ0n) is 17.9. The highest BCUT2D eigenvalue weighted by atomic mass is 16.6. The molecule has 4 atom stereocenters. The van der Waals surface area contributed by atoms with Crippen molar-refractivity contribution < 1.29 is 24.2 Å². The normalized spacial score (nSPS) is 24.9. The van der Waals surface area contributed by atoms with E-state index in [9.17, 15) is 34.6 Å². The molecule has 1 heterocycles. The SMILES string of the molecule is O=C(c1ccccc1[N+](=O)[O-])N(Cc1ccccc1[N+](=O)[O-])N1C(=O)[C@H]2[C@H]3CC[C@@H](C3)[C@@H]2C1=O. The number of hydrogen-bond acceptors (Lipinski definition) is 7. The van der Waals surface area contributed by atoms with Crippen LogP contribution in [-0.4, -0.2) is 37.6 Å². The highest BCUT2D eigenvalue weighted by Crippen LogP contribution is 2.56. The molecule has 2 aliphatic carbocycles. The van der Waals surface area contributed by atoms with Crippen molar-refractivity contribution in [2.75, 3.05) is 0 Å². The number of hydrogen-bond donors (Lipinski definition) is 0. The molecule has 174 valence electrons. The van der Waals surface area contributed by atoms with E-state index in [-0.39, 0.29) is 28.7 Å². The van der Waals surface area contributed by atoms with Crippen LogP contribution in [0.3, 0.4) is 0 Å². The standard InChI is InChI=1S/C23H20N4O7/c28-21(16-6-2-4-8-18(16)27(33)34)24(12-15-5-1-3-7-17(15)26(31)32)25-22(29)19-13-9-10-14(11-13)20(19)23(25)30/h1-8,13-14,19-20H,9-12H2/t13-,14-,19-,20-/m0/s1. The lowest BCUT2D eigenvalue weighted by atomic mass is 9.81. The van der Waals surface area contributed by atoms with Crippen molar-refractivity contribution in [1.82, 2.24) is 10.0 Å². The summed E-state index contributed by atoms with van der Waals surface area (Å²) in [5.41, 5.74) is -0.992. The number of para-hydroxylation sites is 2. The molecule has 0 aromatic heterocycles. The summed E-state index contributed by atoms with van der Waals surface area (Å²) in [6.07, 6.45) is 2.46. The molecule has 3 fully saturated rings. The number of fused-ring (bicyclic) bond motifs is 5. The lowest BCUT2D eigenvalue weighted by molar-refractivity contribution is -0.385. The maximum atomic E-state index is 13.6. The van der Waals surface area contributed by atoms with E-state index in [1.807, 2.05) is 0 Å². The topological polar surface area (TPSA) is 144 Å². The molecule has 2 aromatic rings. The summed E-state index contributed by atoms with van der Waals surface area (Å²) < 4.78 is 0. The van der Waals surface area contributed by atoms with Crippen LogP contribution in [0.1, 0.15) is 35.2 Å². The fraction of sp³-hybridized carbons (Fsp3) is 0.348. The van der Waals surface area contributed by atoms with Gasteiger partial charge in [0, 0.05) is 12.1 Å². The number of nitro benzene ring substituents is 2. The van der Waals surface area contributed by atoms with Crippen LogP contribution in [0.2, 0.25) is 0 Å². The van der Waals surface area contributed by atoms with Crippen molar-refractivity contribution in [3.05, 3.63) is 79.9 Å². The Balaban J connectivity index is 1.59. The number of hydrazine groups is 1. The molecule has 0 spiro atoms. The highest BCUT2D eigenvalue weighted by Gasteiger charge is 2.62. The van der Waals surface area contributed by atoms with E-state index in [1.54, 1.807) is 6.07 Å². The van der Waals surface area contributed by atoms with Crippen LogP contribution >= 0.6 is 0 Å². The number of nitrogens with zero attached hydrogens (tertiary/aromatic N) is 4. The summed E-state index contributed by atoms with van der Waals surface area (Å²) in [6, 6.07) is 10.9. The summed E-state index contributed by atoms with van der Waals surface area (Å²) in [6.45, 7) is -0.464. The molecule has 11 nitrogen and oxygen atoms in total. The van der Waals surface area contributed by atoms with E-state index < -0.39 is 51.6 Å². The molecule has 34 heavy (non-hydrogen) atoms. The molecule has 5 rings (SSSR count). The smallest absolute Gasteiger partial charge is 0.272 e. The maximum Gasteiger partial charge on any atom is 0.282 e. The van der Waals surface area contributed by atoms with Gasteiger partial charge in [-0.05, 0) is 37.2 Å². The average Bonchev–Trinajstić information content (AvgIpc) is 3.51. The number of amides is 3. The predicted octanol–water partition coefficient (Wildman–Crippen LogP) is 3.09. The monoisotopic (exact) mass is 464 g/mol. The van der Waals surface area contributed by atoms with Crippen molar-refractivity contribution in [1.29, 1.82) is 0 Å². The van der Waals surface area contributed by atoms with Gasteiger partial charge in [0.05, 0.1) is 33.8 Å². The third-order valence-electron chi connectivity index (χ3n) is 7.22. The second-order valence-electron chi connectivity index (χ2n) is 8.90. The molecule has 0 N–H and O–H groups in total. The number of carbonyl (C=O) groups is 3. The zero-order valence-corrected chi connectivity index (χ0v) is 17.9. The molecule has 11 heteroatoms. The molecule has 3 aliphatic rings. The van der Waals surface area contributed by atoms with Crippen LogP contribution < -0.4 is 0 Å². The van der Waals surface area contributed by atoms with Crippen LogP contribution in [0.4, 0.5) is 11.4 Å². The van der Waals surface area contributed by atoms with Gasteiger partial charge < -0.3 is 0 Å². The van der Waals surface area contributed by atoms with Crippen LogP contribution in [0, 0.1) is 43.9 Å². The van der Waals surface area contributed by atoms with Crippen molar-refractivity contribution >= 4 is 29.1 Å². The molecule has 0 radical (unpaired) electrons. The third kappa shape index (κ3) is 3.23. The van der Waals surface area contributed by atoms with Gasteiger partial charge in [-0.3, -0.25) is 34.6 Å². The van der Waals surface area contributed by atoms with E-state index >= 15 is 0 Å². The van der Waals surface area contributed by atoms with Crippen molar-refractivity contribution in [3.8, 4) is 0 Å². The number of rotatable bonds is 6. The first-order chi connectivity index (χ1) is 16.3. The molecule has 1 aliphatic heterocycles. The zero-order chi connectivity index (χ0) is 24.1. The van der Waals surface area contributed by atoms with Crippen LogP contribution in [0.15, 0.2) is 48.5 Å². The molecule has 2 aromatic carbocycles.